The fourth-order valence-corrected chi connectivity index (χ4v) is 3.87. The number of aryl methyl sites for hydroxylation is 2. The Morgan fingerprint density at radius 1 is 0.793 bits per heavy atom. The third-order valence-electron chi connectivity index (χ3n) is 5.47. The average molecular weight is 381 g/mol. The normalized spacial score (nSPS) is 11.0. The van der Waals surface area contributed by atoms with Crippen molar-refractivity contribution in [2.45, 2.75) is 39.5 Å². The number of hydrogen-bond acceptors (Lipinski definition) is 1. The lowest BCUT2D eigenvalue weighted by atomic mass is 9.99. The predicted molar refractivity (Wildman–Crippen MR) is 122 cm³/mol. The summed E-state index contributed by atoms with van der Waals surface area (Å²) in [5.41, 5.74) is 8.31. The molecule has 146 valence electrons. The molecule has 0 aliphatic rings. The van der Waals surface area contributed by atoms with Gasteiger partial charge in [0.15, 0.2) is 0 Å². The van der Waals surface area contributed by atoms with E-state index in [2.05, 4.69) is 103 Å². The van der Waals surface area contributed by atoms with E-state index in [0.29, 0.717) is 0 Å². The molecule has 1 aromatic heterocycles. The minimum absolute atomic E-state index is 1.04. The smallest absolute Gasteiger partial charge is 0.0936 e. The molecule has 4 rings (SSSR count). The topological polar surface area (TPSA) is 17.8 Å². The van der Waals surface area contributed by atoms with E-state index in [-0.39, 0.29) is 0 Å². The van der Waals surface area contributed by atoms with Gasteiger partial charge in [-0.2, -0.15) is 5.10 Å². The van der Waals surface area contributed by atoms with Crippen LogP contribution in [0.1, 0.15) is 37.3 Å². The largest absolute Gasteiger partial charge is 0.232 e. The standard InChI is InChI=1S/C27H28N2/c1-3-4-6-14-22-15-10-11-18-24(22)25-20-27(23-16-7-5-8-17-23)29(28-25)26-19-12-9-13-21(26)2/h5,7-13,15-20H,3-4,6,14H2,1-2H3. The molecule has 29 heavy (non-hydrogen) atoms. The van der Waals surface area contributed by atoms with Crippen molar-refractivity contribution in [3.05, 3.63) is 96.1 Å². The third kappa shape index (κ3) is 4.17. The van der Waals surface area contributed by atoms with Crippen LogP contribution in [0.4, 0.5) is 0 Å². The van der Waals surface area contributed by atoms with Gasteiger partial charge in [-0.05, 0) is 43.0 Å². The van der Waals surface area contributed by atoms with Crippen LogP contribution >= 0.6 is 0 Å². The first-order valence-corrected chi connectivity index (χ1v) is 10.6. The summed E-state index contributed by atoms with van der Waals surface area (Å²) in [6.07, 6.45) is 4.82. The van der Waals surface area contributed by atoms with E-state index in [1.807, 2.05) is 0 Å². The molecule has 0 amide bonds. The minimum atomic E-state index is 1.04. The fourth-order valence-electron chi connectivity index (χ4n) is 3.87. The Morgan fingerprint density at radius 2 is 1.52 bits per heavy atom. The summed E-state index contributed by atoms with van der Waals surface area (Å²) < 4.78 is 2.10. The SMILES string of the molecule is CCCCCc1ccccc1-c1cc(-c2ccccc2)n(-c2ccccc2C)n1. The molecule has 0 saturated carbocycles. The highest BCUT2D eigenvalue weighted by atomic mass is 15.3. The Labute approximate surface area is 173 Å². The van der Waals surface area contributed by atoms with Crippen LogP contribution in [0.25, 0.3) is 28.2 Å². The maximum atomic E-state index is 5.09. The summed E-state index contributed by atoms with van der Waals surface area (Å²) in [4.78, 5) is 0. The highest BCUT2D eigenvalue weighted by molar-refractivity contribution is 5.72. The number of hydrogen-bond donors (Lipinski definition) is 0. The minimum Gasteiger partial charge on any atom is -0.232 e. The van der Waals surface area contributed by atoms with E-state index in [1.165, 1.54) is 41.5 Å². The zero-order valence-electron chi connectivity index (χ0n) is 17.3. The Balaban J connectivity index is 1.84. The van der Waals surface area contributed by atoms with Gasteiger partial charge in [-0.1, -0.05) is 92.6 Å². The van der Waals surface area contributed by atoms with Gasteiger partial charge in [0.2, 0.25) is 0 Å². The molecular weight excluding hydrogens is 352 g/mol. The van der Waals surface area contributed by atoms with Crippen molar-refractivity contribution in [3.63, 3.8) is 0 Å². The molecule has 0 bridgehead atoms. The van der Waals surface area contributed by atoms with Gasteiger partial charge >= 0.3 is 0 Å². The molecule has 0 radical (unpaired) electrons. The van der Waals surface area contributed by atoms with Crippen LogP contribution in [0.3, 0.4) is 0 Å². The molecule has 2 nitrogen and oxygen atoms in total. The van der Waals surface area contributed by atoms with Gasteiger partial charge in [0, 0.05) is 11.1 Å². The number of unbranched alkanes of at least 4 members (excludes halogenated alkanes) is 2. The molecule has 0 N–H and O–H groups in total. The van der Waals surface area contributed by atoms with E-state index in [4.69, 9.17) is 5.10 Å². The highest BCUT2D eigenvalue weighted by Gasteiger charge is 2.16. The second kappa shape index (κ2) is 8.91. The first-order valence-electron chi connectivity index (χ1n) is 10.6. The van der Waals surface area contributed by atoms with Gasteiger partial charge < -0.3 is 0 Å². The van der Waals surface area contributed by atoms with Crippen LogP contribution in [-0.4, -0.2) is 9.78 Å². The number of para-hydroxylation sites is 1. The average Bonchev–Trinajstić information content (AvgIpc) is 3.20. The Bertz CT molecular complexity index is 1080. The number of nitrogens with zero attached hydrogens (tertiary/aromatic N) is 2. The van der Waals surface area contributed by atoms with E-state index < -0.39 is 0 Å². The quantitative estimate of drug-likeness (QED) is 0.309. The van der Waals surface area contributed by atoms with Gasteiger partial charge in [0.1, 0.15) is 0 Å². The van der Waals surface area contributed by atoms with Crippen LogP contribution in [0.15, 0.2) is 84.9 Å². The predicted octanol–water partition coefficient (Wildman–Crippen LogP) is 7.25. The van der Waals surface area contributed by atoms with E-state index in [0.717, 1.165) is 23.5 Å². The second-order valence-electron chi connectivity index (χ2n) is 7.59. The summed E-state index contributed by atoms with van der Waals surface area (Å²) in [5.74, 6) is 0. The van der Waals surface area contributed by atoms with Crippen LogP contribution < -0.4 is 0 Å². The van der Waals surface area contributed by atoms with Gasteiger partial charge in [0.25, 0.3) is 0 Å². The molecule has 2 heteroatoms. The summed E-state index contributed by atoms with van der Waals surface area (Å²) in [5, 5.41) is 5.09. The number of aromatic nitrogens is 2. The molecule has 0 spiro atoms. The maximum Gasteiger partial charge on any atom is 0.0936 e. The molecule has 0 atom stereocenters. The third-order valence-corrected chi connectivity index (χ3v) is 5.47. The molecule has 0 fully saturated rings. The second-order valence-corrected chi connectivity index (χ2v) is 7.59. The van der Waals surface area contributed by atoms with E-state index in [9.17, 15) is 0 Å². The van der Waals surface area contributed by atoms with Crippen molar-refractivity contribution >= 4 is 0 Å². The van der Waals surface area contributed by atoms with Gasteiger partial charge in [-0.15, -0.1) is 0 Å². The van der Waals surface area contributed by atoms with Crippen molar-refractivity contribution in [1.29, 1.82) is 0 Å². The van der Waals surface area contributed by atoms with Crippen molar-refractivity contribution in [2.75, 3.05) is 0 Å². The monoisotopic (exact) mass is 380 g/mol. The number of benzene rings is 3. The van der Waals surface area contributed by atoms with Gasteiger partial charge in [-0.25, -0.2) is 4.68 Å². The highest BCUT2D eigenvalue weighted by Crippen LogP contribution is 2.31. The zero-order valence-corrected chi connectivity index (χ0v) is 17.3. The molecule has 0 unspecified atom stereocenters. The molecular formula is C27H28N2. The fraction of sp³-hybridized carbons (Fsp3) is 0.222. The molecule has 0 aliphatic heterocycles. The molecule has 1 heterocycles. The summed E-state index contributed by atoms with van der Waals surface area (Å²) in [6, 6.07) is 29.9. The zero-order chi connectivity index (χ0) is 20.1. The van der Waals surface area contributed by atoms with Crippen molar-refractivity contribution in [3.8, 4) is 28.2 Å². The van der Waals surface area contributed by atoms with Crippen LogP contribution in [0.2, 0.25) is 0 Å². The number of rotatable bonds is 7. The van der Waals surface area contributed by atoms with Crippen molar-refractivity contribution in [2.24, 2.45) is 0 Å². The van der Waals surface area contributed by atoms with Crippen LogP contribution in [-0.2, 0) is 6.42 Å². The molecule has 3 aromatic carbocycles. The maximum absolute atomic E-state index is 5.09. The molecule has 4 aromatic rings. The molecule has 0 saturated heterocycles. The van der Waals surface area contributed by atoms with Crippen LogP contribution in [0, 0.1) is 6.92 Å². The Morgan fingerprint density at radius 3 is 2.31 bits per heavy atom. The lowest BCUT2D eigenvalue weighted by molar-refractivity contribution is 0.718. The van der Waals surface area contributed by atoms with Crippen molar-refractivity contribution < 1.29 is 0 Å². The first kappa shape index (κ1) is 19.2. The van der Waals surface area contributed by atoms with Crippen molar-refractivity contribution in [1.82, 2.24) is 9.78 Å². The van der Waals surface area contributed by atoms with E-state index >= 15 is 0 Å². The van der Waals surface area contributed by atoms with Gasteiger partial charge in [-0.3, -0.25) is 0 Å². The lowest BCUT2D eigenvalue weighted by Crippen LogP contribution is -2.01. The van der Waals surface area contributed by atoms with Crippen LogP contribution in [0.5, 0.6) is 0 Å². The Kier molecular flexibility index (Phi) is 5.90. The lowest BCUT2D eigenvalue weighted by Gasteiger charge is -2.10. The molecule has 0 aliphatic carbocycles. The van der Waals surface area contributed by atoms with E-state index in [1.54, 1.807) is 0 Å². The summed E-state index contributed by atoms with van der Waals surface area (Å²) >= 11 is 0. The summed E-state index contributed by atoms with van der Waals surface area (Å²) in [7, 11) is 0. The summed E-state index contributed by atoms with van der Waals surface area (Å²) in [6.45, 7) is 4.39. The van der Waals surface area contributed by atoms with Gasteiger partial charge in [0.05, 0.1) is 17.1 Å². The first-order chi connectivity index (χ1) is 14.3. The Hall–Kier alpha value is -3.13.